The van der Waals surface area contributed by atoms with Gasteiger partial charge in [-0.25, -0.2) is 29.9 Å². The topological polar surface area (TPSA) is 98.1 Å². The molecule has 20 rings (SSSR count). The Morgan fingerprint density at radius 3 is 1.07 bits per heavy atom. The summed E-state index contributed by atoms with van der Waals surface area (Å²) in [6, 6.07) is 110. The number of hydrogen-bond acceptors (Lipinski definition) is 6. The fourth-order valence-corrected chi connectivity index (χ4v) is 14.6. The summed E-state index contributed by atoms with van der Waals surface area (Å²) in [5.74, 6) is 3.92. The first kappa shape index (κ1) is 57.6. The minimum atomic E-state index is 0. The molecule has 0 saturated carbocycles. The molecule has 2 aliphatic carbocycles. The van der Waals surface area contributed by atoms with E-state index in [2.05, 4.69) is 195 Å². The van der Waals surface area contributed by atoms with Crippen LogP contribution in [0.2, 0.25) is 0 Å². The monoisotopic (exact) mass is 1290 g/mol. The zero-order chi connectivity index (χ0) is 62.9. The Hall–Kier alpha value is -12.3. The molecule has 0 amide bonds. The van der Waals surface area contributed by atoms with Crippen LogP contribution in [0.3, 0.4) is 0 Å². The predicted molar refractivity (Wildman–Crippen MR) is 400 cm³/mol. The maximum absolute atomic E-state index is 5.12. The highest BCUT2D eigenvalue weighted by molar-refractivity contribution is 9.10. The van der Waals surface area contributed by atoms with Crippen LogP contribution in [0.25, 0.3) is 184 Å². The van der Waals surface area contributed by atoms with Gasteiger partial charge >= 0.3 is 0 Å². The number of hydrogen-bond donors (Lipinski definition) is 1. The van der Waals surface area contributed by atoms with E-state index in [0.29, 0.717) is 34.9 Å². The van der Waals surface area contributed by atoms with Crippen molar-refractivity contribution in [1.29, 1.82) is 0 Å². The van der Waals surface area contributed by atoms with Crippen LogP contribution >= 0.6 is 15.9 Å². The third-order valence-corrected chi connectivity index (χ3v) is 19.0. The first-order valence-corrected chi connectivity index (χ1v) is 32.6. The number of aromatic nitrogens is 8. The van der Waals surface area contributed by atoms with E-state index in [4.69, 9.17) is 29.9 Å². The highest BCUT2D eigenvalue weighted by atomic mass is 79.9. The molecule has 0 unspecified atom stereocenters. The van der Waals surface area contributed by atoms with Crippen molar-refractivity contribution in [3.8, 4) is 119 Å². The van der Waals surface area contributed by atoms with E-state index in [9.17, 15) is 0 Å². The second-order valence-corrected chi connectivity index (χ2v) is 24.7. The summed E-state index contributed by atoms with van der Waals surface area (Å²) in [6.45, 7) is 0. The van der Waals surface area contributed by atoms with Gasteiger partial charge in [-0.05, 0) is 109 Å². The summed E-state index contributed by atoms with van der Waals surface area (Å²) in [6.07, 6.45) is 0. The molecule has 4 heterocycles. The van der Waals surface area contributed by atoms with Crippen LogP contribution in [0.1, 0.15) is 0 Å². The van der Waals surface area contributed by atoms with Crippen molar-refractivity contribution in [3.05, 3.63) is 327 Å². The largest absolute Gasteiger partial charge is 0.358 e. The number of benzene rings is 14. The van der Waals surface area contributed by atoms with E-state index >= 15 is 0 Å². The van der Waals surface area contributed by atoms with Gasteiger partial charge in [-0.15, -0.1) is 0 Å². The molecule has 452 valence electrons. The van der Waals surface area contributed by atoms with Gasteiger partial charge < -0.3 is 17.0 Å². The van der Waals surface area contributed by atoms with Crippen molar-refractivity contribution >= 4 is 81.1 Å². The molecule has 96 heavy (non-hydrogen) atoms. The average molecular weight is 1290 g/mol. The molecule has 0 fully saturated rings. The summed E-state index contributed by atoms with van der Waals surface area (Å²) in [5.41, 5.74) is 21.9. The lowest BCUT2D eigenvalue weighted by Crippen LogP contribution is -2.03. The molecule has 14 aromatic carbocycles. The standard InChI is InChI=1S/C43H26N4.C22H13N.C21H14BrN3.CH3/c1-3-13-28(14-4-1)41-44-42(29-15-5-2-6-16-29)46-43(45-41)34-20-9-10-23-35(34)47-36-24-12-22-33-31-19-8-7-18-30(31)32-21-11-17-27-25-26-37(47)40(38(27)32)39(33)36;1-2-7-15-14(6-1)16-8-3-5-13-11-12-19-22(20(13)16)21-17(15)9-4-10-18(21)23-19;22-18-14-8-7-13-17(18)21-24-19(15-9-3-1-4-10-15)23-20(25-21)16-11-5-2-6-12-16;/h1-26H;1-12,23H;1-14H;1H3/q;;;-1. The van der Waals surface area contributed by atoms with Crippen molar-refractivity contribution in [2.75, 3.05) is 0 Å². The molecule has 4 aromatic heterocycles. The Labute approximate surface area is 562 Å². The number of H-pyrrole nitrogens is 1. The minimum Gasteiger partial charge on any atom is -0.358 e. The highest BCUT2D eigenvalue weighted by Gasteiger charge is 2.27. The smallest absolute Gasteiger partial charge is 0.166 e. The normalized spacial score (nSPS) is 11.5. The van der Waals surface area contributed by atoms with Crippen molar-refractivity contribution in [3.63, 3.8) is 0 Å². The van der Waals surface area contributed by atoms with E-state index in [-0.39, 0.29) is 7.43 Å². The highest BCUT2D eigenvalue weighted by Crippen LogP contribution is 2.51. The number of nitrogens with one attached hydrogen (secondary N) is 1. The number of rotatable bonds is 7. The van der Waals surface area contributed by atoms with Crippen LogP contribution in [-0.4, -0.2) is 39.5 Å². The lowest BCUT2D eigenvalue weighted by atomic mass is 9.93. The zero-order valence-corrected chi connectivity index (χ0v) is 53.6. The fraction of sp³-hybridized carbons (Fsp3) is 0. The van der Waals surface area contributed by atoms with Gasteiger partial charge in [0.05, 0.1) is 16.7 Å². The zero-order valence-electron chi connectivity index (χ0n) is 52.0. The molecule has 0 atom stereocenters. The summed E-state index contributed by atoms with van der Waals surface area (Å²) in [7, 11) is 0. The third-order valence-electron chi connectivity index (χ3n) is 18.3. The Morgan fingerprint density at radius 1 is 0.229 bits per heavy atom. The van der Waals surface area contributed by atoms with Gasteiger partial charge in [0, 0.05) is 70.4 Å². The SMILES string of the molecule is Brc1ccccc1-c1nc(-c2ccccc2)nc(-c2ccccc2)n1.[CH3-].c1ccc(-c2nc(-c3ccccc3)nc(-c3ccccc3-n3c4cccc5c4c4c6c(cccc6ccc43)-c3ccccc3-5)n2)cc1.c1ccc2c(c1)-c1cccc3ccc4[nH]c5cccc-2c5c4c13. The van der Waals surface area contributed by atoms with Crippen molar-refractivity contribution in [2.45, 2.75) is 0 Å². The van der Waals surface area contributed by atoms with Crippen LogP contribution < -0.4 is 0 Å². The van der Waals surface area contributed by atoms with Crippen molar-refractivity contribution < 1.29 is 0 Å². The molecule has 0 aliphatic heterocycles. The lowest BCUT2D eigenvalue weighted by molar-refractivity contribution is 1.06. The Morgan fingerprint density at radius 2 is 0.573 bits per heavy atom. The maximum atomic E-state index is 5.12. The first-order valence-electron chi connectivity index (χ1n) is 31.8. The number of aromatic amines is 1. The second-order valence-electron chi connectivity index (χ2n) is 23.8. The third kappa shape index (κ3) is 9.74. The molecule has 0 spiro atoms. The lowest BCUT2D eigenvalue weighted by Gasteiger charge is -2.16. The quantitative estimate of drug-likeness (QED) is 0.160. The van der Waals surface area contributed by atoms with E-state index < -0.39 is 0 Å². The van der Waals surface area contributed by atoms with E-state index in [1.54, 1.807) is 0 Å². The molecule has 9 heteroatoms. The predicted octanol–water partition coefficient (Wildman–Crippen LogP) is 23.0. The van der Waals surface area contributed by atoms with Gasteiger partial charge in [0.25, 0.3) is 0 Å². The Bertz CT molecular complexity index is 5910. The molecule has 0 bridgehead atoms. The van der Waals surface area contributed by atoms with Crippen LogP contribution in [-0.2, 0) is 0 Å². The first-order chi connectivity index (χ1) is 47.1. The minimum absolute atomic E-state index is 0. The maximum Gasteiger partial charge on any atom is 0.166 e. The molecular formula is C87H56BrN8-. The molecule has 18 aromatic rings. The van der Waals surface area contributed by atoms with E-state index in [0.717, 1.165) is 54.6 Å². The molecule has 0 radical (unpaired) electrons. The number of halogens is 1. The van der Waals surface area contributed by atoms with Gasteiger partial charge in [-0.1, -0.05) is 289 Å². The van der Waals surface area contributed by atoms with Gasteiger partial charge in [-0.2, -0.15) is 0 Å². The van der Waals surface area contributed by atoms with E-state index in [1.807, 2.05) is 146 Å². The second kappa shape index (κ2) is 24.0. The van der Waals surface area contributed by atoms with E-state index in [1.165, 1.54) is 98.6 Å². The van der Waals surface area contributed by atoms with Crippen LogP contribution in [0.4, 0.5) is 0 Å². The van der Waals surface area contributed by atoms with Gasteiger partial charge in [0.15, 0.2) is 34.9 Å². The van der Waals surface area contributed by atoms with Gasteiger partial charge in [0.1, 0.15) is 0 Å². The van der Waals surface area contributed by atoms with Crippen molar-refractivity contribution in [2.24, 2.45) is 0 Å². The van der Waals surface area contributed by atoms with Gasteiger partial charge in [-0.3, -0.25) is 0 Å². The van der Waals surface area contributed by atoms with Crippen LogP contribution in [0.5, 0.6) is 0 Å². The number of para-hydroxylation sites is 1. The molecule has 8 nitrogen and oxygen atoms in total. The summed E-state index contributed by atoms with van der Waals surface area (Å²) in [5, 5.41) is 10.5. The van der Waals surface area contributed by atoms with Crippen LogP contribution in [0.15, 0.2) is 320 Å². The molecular weight excluding hydrogens is 1240 g/mol. The average Bonchev–Trinajstić information content (AvgIpc) is 1.54. The number of fused-ring (bicyclic) bond motifs is 6. The molecule has 1 N–H and O–H groups in total. The van der Waals surface area contributed by atoms with Crippen LogP contribution in [0, 0.1) is 7.43 Å². The molecule has 2 aliphatic rings. The fourth-order valence-electron chi connectivity index (χ4n) is 14.2. The molecule has 0 saturated heterocycles. The Kier molecular flexibility index (Phi) is 14.4. The summed E-state index contributed by atoms with van der Waals surface area (Å²) >= 11 is 3.59. The van der Waals surface area contributed by atoms with Crippen molar-refractivity contribution in [1.82, 2.24) is 39.5 Å². The number of nitrogens with zero attached hydrogens (tertiary/aromatic N) is 7. The van der Waals surface area contributed by atoms with Gasteiger partial charge in [0.2, 0.25) is 0 Å². The Balaban J connectivity index is 0.000000120. The summed E-state index contributed by atoms with van der Waals surface area (Å²) < 4.78 is 3.36. The summed E-state index contributed by atoms with van der Waals surface area (Å²) in [4.78, 5) is 32.9.